The molecule has 0 saturated heterocycles. The summed E-state index contributed by atoms with van der Waals surface area (Å²) in [5.41, 5.74) is 0. The van der Waals surface area contributed by atoms with Gasteiger partial charge < -0.3 is 5.11 Å². The molecule has 1 nitrogen and oxygen atoms in total. The van der Waals surface area contributed by atoms with Crippen LogP contribution in [0.4, 0.5) is 0 Å². The quantitative estimate of drug-likeness (QED) is 0.346. The third-order valence-electron chi connectivity index (χ3n) is 0.413. The summed E-state index contributed by atoms with van der Waals surface area (Å²) in [6.45, 7) is 0. The normalized spacial score (nSPS) is 14.0. The minimum Gasteiger partial charge on any atom is -0.371 e. The molecule has 6 heteroatoms. The summed E-state index contributed by atoms with van der Waals surface area (Å²) in [6.07, 6.45) is 0.781. The van der Waals surface area contributed by atoms with Crippen LogP contribution >= 0.6 is 113 Å². The van der Waals surface area contributed by atoms with E-state index in [2.05, 4.69) is 67.8 Å². The highest BCUT2D eigenvalue weighted by molar-refractivity contribution is 14.3. The molecular weight excluding hydrogens is 687 g/mol. The van der Waals surface area contributed by atoms with E-state index in [1.807, 2.05) is 45.2 Å². The van der Waals surface area contributed by atoms with E-state index < -0.39 is 1.61 Å². The topological polar surface area (TPSA) is 20.2 Å². The Morgan fingerprint density at radius 2 is 1.33 bits per heavy atom. The fourth-order valence-electron chi connectivity index (χ4n) is 0.241. The molecule has 0 fully saturated rings. The zero-order chi connectivity index (χ0) is 7.71. The van der Waals surface area contributed by atoms with Gasteiger partial charge in [-0.05, 0) is 45.2 Å². The second-order valence-corrected chi connectivity index (χ2v) is 18.8. The summed E-state index contributed by atoms with van der Waals surface area (Å²) < 4.78 is -0.469. The number of alkyl halides is 5. The lowest BCUT2D eigenvalue weighted by molar-refractivity contribution is 0.260. The monoisotopic (exact) mass is 690 g/mol. The zero-order valence-electron chi connectivity index (χ0n) is 4.04. The first-order valence-electron chi connectivity index (χ1n) is 1.88. The first-order valence-corrected chi connectivity index (χ1v) is 7.27. The van der Waals surface area contributed by atoms with Crippen LogP contribution in [0.2, 0.25) is 0 Å². The summed E-state index contributed by atoms with van der Waals surface area (Å²) in [4.78, 5) is 0. The van der Waals surface area contributed by atoms with E-state index in [0.29, 0.717) is 0 Å². The molecule has 0 radical (unpaired) electrons. The molecule has 0 aromatic rings. The van der Waals surface area contributed by atoms with Crippen LogP contribution in [0, 0.1) is 0 Å². The van der Waals surface area contributed by atoms with Crippen LogP contribution in [0.1, 0.15) is 6.42 Å². The fourth-order valence-corrected chi connectivity index (χ4v) is 7.42. The maximum atomic E-state index is 9.31. The molecule has 0 aromatic heterocycles. The molecule has 0 aliphatic heterocycles. The van der Waals surface area contributed by atoms with Gasteiger partial charge in [0.25, 0.3) is 0 Å². The predicted octanol–water partition coefficient (Wildman–Crippen LogP) is 3.85. The van der Waals surface area contributed by atoms with E-state index in [0.717, 1.165) is 6.42 Å². The highest BCUT2D eigenvalue weighted by Crippen LogP contribution is 2.46. The molecule has 0 heterocycles. The Morgan fingerprint density at radius 3 is 1.33 bits per heavy atom. The molecule has 0 atom stereocenters. The molecule has 1 N–H and O–H groups in total. The minimum absolute atomic E-state index is 0.129. The molecule has 0 aromatic carbocycles. The fraction of sp³-hybridized carbons (Fsp3) is 1.00. The predicted molar refractivity (Wildman–Crippen MR) is 82.4 cm³/mol. The maximum Gasteiger partial charge on any atom is 0.169 e. The summed E-state index contributed by atoms with van der Waals surface area (Å²) in [5.74, 6) is 0. The van der Waals surface area contributed by atoms with Crippen LogP contribution in [0.25, 0.3) is 0 Å². The van der Waals surface area contributed by atoms with Crippen molar-refractivity contribution in [3.8, 4) is 0 Å². The average molecular weight is 690 g/mol. The van der Waals surface area contributed by atoms with Gasteiger partial charge in [-0.1, -0.05) is 67.8 Å². The Bertz CT molecular complexity index is 77.4. The van der Waals surface area contributed by atoms with E-state index in [9.17, 15) is 5.11 Å². The highest BCUT2D eigenvalue weighted by Gasteiger charge is 2.29. The standard InChI is InChI=1S/C3H3I5O/c4-2(5,6)1-3(7,8)9/h9H,1H2. The van der Waals surface area contributed by atoms with Crippen molar-refractivity contribution in [1.82, 2.24) is 0 Å². The van der Waals surface area contributed by atoms with Gasteiger partial charge in [-0.2, -0.15) is 0 Å². The van der Waals surface area contributed by atoms with Crippen LogP contribution < -0.4 is 0 Å². The minimum atomic E-state index is -0.598. The van der Waals surface area contributed by atoms with Gasteiger partial charge in [-0.3, -0.25) is 0 Å². The molecule has 0 rings (SSSR count). The Hall–Kier alpha value is 3.61. The molecule has 0 aliphatic rings. The number of aliphatic hydroxyl groups is 1. The maximum absolute atomic E-state index is 9.31. The number of halogens is 5. The average Bonchev–Trinajstić information content (AvgIpc) is 1.14. The van der Waals surface area contributed by atoms with Crippen molar-refractivity contribution in [3.05, 3.63) is 0 Å². The summed E-state index contributed by atoms with van der Waals surface area (Å²) in [5, 5.41) is 9.31. The lowest BCUT2D eigenvalue weighted by Gasteiger charge is -2.19. The summed E-state index contributed by atoms with van der Waals surface area (Å²) in [7, 11) is 0. The van der Waals surface area contributed by atoms with Crippen LogP contribution in [0.3, 0.4) is 0 Å². The van der Waals surface area contributed by atoms with E-state index in [4.69, 9.17) is 0 Å². The van der Waals surface area contributed by atoms with Gasteiger partial charge in [-0.15, -0.1) is 0 Å². The Labute approximate surface area is 123 Å². The van der Waals surface area contributed by atoms with Gasteiger partial charge in [0.2, 0.25) is 0 Å². The SMILES string of the molecule is OC(I)(I)CC(I)(I)I. The molecule has 0 aliphatic carbocycles. The van der Waals surface area contributed by atoms with Crippen molar-refractivity contribution in [2.75, 3.05) is 0 Å². The lowest BCUT2D eigenvalue weighted by atomic mass is 10.5. The first kappa shape index (κ1) is 12.6. The Kier molecular flexibility index (Phi) is 6.64. The zero-order valence-corrected chi connectivity index (χ0v) is 14.8. The second kappa shape index (κ2) is 4.74. The smallest absolute Gasteiger partial charge is 0.169 e. The van der Waals surface area contributed by atoms with Gasteiger partial charge >= 0.3 is 0 Å². The van der Waals surface area contributed by atoms with Gasteiger partial charge in [0, 0.05) is 6.42 Å². The molecule has 0 amide bonds. The van der Waals surface area contributed by atoms with E-state index in [1.165, 1.54) is 0 Å². The molecule has 0 spiro atoms. The third-order valence-corrected chi connectivity index (χ3v) is 2.32. The third kappa shape index (κ3) is 11.6. The van der Waals surface area contributed by atoms with Gasteiger partial charge in [-0.25, -0.2) is 0 Å². The largest absolute Gasteiger partial charge is 0.371 e. The van der Waals surface area contributed by atoms with Crippen molar-refractivity contribution < 1.29 is 5.11 Å². The second-order valence-electron chi connectivity index (χ2n) is 1.46. The summed E-state index contributed by atoms with van der Waals surface area (Å²) >= 11 is 11.0. The molecule has 56 valence electrons. The molecule has 0 bridgehead atoms. The highest BCUT2D eigenvalue weighted by atomic mass is 127. The van der Waals surface area contributed by atoms with Gasteiger partial charge in [0.1, 0.15) is -0.565 Å². The van der Waals surface area contributed by atoms with Crippen LogP contribution in [0.5, 0.6) is 0 Å². The van der Waals surface area contributed by atoms with Crippen LogP contribution in [-0.4, -0.2) is 6.16 Å². The first-order chi connectivity index (χ1) is 3.71. The molecular formula is C3H3I5O. The number of hydrogen-bond acceptors (Lipinski definition) is 1. The Balaban J connectivity index is 3.75. The lowest BCUT2D eigenvalue weighted by Crippen LogP contribution is -2.17. The number of rotatable bonds is 2. The van der Waals surface area contributed by atoms with Gasteiger partial charge in [0.15, 0.2) is 1.61 Å². The van der Waals surface area contributed by atoms with Crippen molar-refractivity contribution in [2.24, 2.45) is 0 Å². The summed E-state index contributed by atoms with van der Waals surface area (Å²) in [6, 6.07) is 0. The molecule has 0 saturated carbocycles. The van der Waals surface area contributed by atoms with E-state index >= 15 is 0 Å². The van der Waals surface area contributed by atoms with E-state index in [1.54, 1.807) is 0 Å². The van der Waals surface area contributed by atoms with Crippen molar-refractivity contribution in [3.63, 3.8) is 0 Å². The number of hydrogen-bond donors (Lipinski definition) is 1. The van der Waals surface area contributed by atoms with Crippen molar-refractivity contribution in [2.45, 2.75) is 7.47 Å². The van der Waals surface area contributed by atoms with Crippen LogP contribution in [-0.2, 0) is 0 Å². The van der Waals surface area contributed by atoms with Gasteiger partial charge in [0.05, 0.1) is 0 Å². The van der Waals surface area contributed by atoms with Crippen molar-refractivity contribution in [1.29, 1.82) is 0 Å². The Morgan fingerprint density at radius 1 is 1.00 bits per heavy atom. The van der Waals surface area contributed by atoms with E-state index in [-0.39, 0.29) is -0.565 Å². The van der Waals surface area contributed by atoms with Crippen molar-refractivity contribution >= 4 is 113 Å². The molecule has 9 heavy (non-hydrogen) atoms. The van der Waals surface area contributed by atoms with Crippen LogP contribution in [0.15, 0.2) is 0 Å². The molecule has 0 unspecified atom stereocenters.